The summed E-state index contributed by atoms with van der Waals surface area (Å²) in [6, 6.07) is 6.31. The number of amides is 3. The largest absolute Gasteiger partial charge is 0.444 e. The normalized spacial score (nSPS) is 17.9. The van der Waals surface area contributed by atoms with Gasteiger partial charge in [-0.1, -0.05) is 32.9 Å². The molecule has 27 heavy (non-hydrogen) atoms. The first-order valence-corrected chi connectivity index (χ1v) is 8.99. The second-order valence-corrected chi connectivity index (χ2v) is 8.75. The number of hydrogen-bond donors (Lipinski definition) is 1. The summed E-state index contributed by atoms with van der Waals surface area (Å²) in [4.78, 5) is 41.3. The highest BCUT2D eigenvalue weighted by atomic mass is 16.6. The molecule has 1 atom stereocenters. The molecule has 1 unspecified atom stereocenters. The SMILES string of the molecule is CN1C(=O)C(NC(=O)OC(C)(C)C)CN(C(=O)C(C)(C)C)c2ccccc21. The van der Waals surface area contributed by atoms with Gasteiger partial charge in [-0.15, -0.1) is 0 Å². The van der Waals surface area contributed by atoms with Crippen molar-refractivity contribution in [1.29, 1.82) is 0 Å². The average Bonchev–Trinajstić information content (AvgIpc) is 2.62. The van der Waals surface area contributed by atoms with E-state index in [9.17, 15) is 14.4 Å². The standard InChI is InChI=1S/C20H29N3O4/c1-19(2,3)17(25)23-12-13(21-18(26)27-20(4,5)6)16(24)22(7)14-10-8-9-11-15(14)23/h8-11,13H,12H2,1-7H3,(H,21,26). The number of para-hydroxylation sites is 2. The summed E-state index contributed by atoms with van der Waals surface area (Å²) in [5.74, 6) is -0.438. The number of nitrogens with one attached hydrogen (secondary N) is 1. The van der Waals surface area contributed by atoms with Crippen molar-refractivity contribution in [3.8, 4) is 0 Å². The van der Waals surface area contributed by atoms with Gasteiger partial charge in [0.1, 0.15) is 11.6 Å². The minimum atomic E-state index is -0.913. The Balaban J connectivity index is 2.41. The van der Waals surface area contributed by atoms with E-state index in [1.807, 2.05) is 32.9 Å². The molecule has 0 spiro atoms. The number of carbonyl (C=O) groups is 3. The summed E-state index contributed by atoms with van der Waals surface area (Å²) in [7, 11) is 1.63. The molecule has 0 radical (unpaired) electrons. The molecule has 0 bridgehead atoms. The third-order valence-corrected chi connectivity index (χ3v) is 4.11. The number of benzene rings is 1. The average molecular weight is 375 g/mol. The molecule has 0 saturated heterocycles. The van der Waals surface area contributed by atoms with E-state index in [0.29, 0.717) is 11.4 Å². The molecule has 1 aromatic carbocycles. The van der Waals surface area contributed by atoms with Crippen molar-refractivity contribution in [1.82, 2.24) is 5.32 Å². The fourth-order valence-corrected chi connectivity index (χ4v) is 2.84. The summed E-state index contributed by atoms with van der Waals surface area (Å²) in [5.41, 5.74) is -0.0706. The highest BCUT2D eigenvalue weighted by molar-refractivity contribution is 6.08. The molecule has 0 saturated carbocycles. The number of hydrogen-bond acceptors (Lipinski definition) is 4. The van der Waals surface area contributed by atoms with Gasteiger partial charge in [0.25, 0.3) is 5.91 Å². The number of alkyl carbamates (subject to hydrolysis) is 1. The van der Waals surface area contributed by atoms with Crippen LogP contribution in [0, 0.1) is 5.41 Å². The number of anilines is 2. The molecular formula is C20H29N3O4. The van der Waals surface area contributed by atoms with Crippen LogP contribution < -0.4 is 15.1 Å². The maximum atomic E-state index is 13.1. The second kappa shape index (κ2) is 7.21. The summed E-state index contributed by atoms with van der Waals surface area (Å²) in [5, 5.41) is 2.62. The maximum absolute atomic E-state index is 13.1. The minimum Gasteiger partial charge on any atom is -0.444 e. The summed E-state index contributed by atoms with van der Waals surface area (Å²) in [6.07, 6.45) is -0.691. The van der Waals surface area contributed by atoms with Gasteiger partial charge in [0.15, 0.2) is 0 Å². The van der Waals surface area contributed by atoms with Crippen LogP contribution in [0.15, 0.2) is 24.3 Å². The van der Waals surface area contributed by atoms with Crippen molar-refractivity contribution in [2.45, 2.75) is 53.2 Å². The predicted molar refractivity (Wildman–Crippen MR) is 105 cm³/mol. The summed E-state index contributed by atoms with van der Waals surface area (Å²) >= 11 is 0. The Morgan fingerprint density at radius 2 is 1.63 bits per heavy atom. The van der Waals surface area contributed by atoms with Crippen LogP contribution in [0.2, 0.25) is 0 Å². The van der Waals surface area contributed by atoms with Crippen LogP contribution in [0.25, 0.3) is 0 Å². The lowest BCUT2D eigenvalue weighted by atomic mass is 9.94. The summed E-state index contributed by atoms with van der Waals surface area (Å²) in [6.45, 7) is 10.8. The van der Waals surface area contributed by atoms with Gasteiger partial charge in [0, 0.05) is 12.5 Å². The number of nitrogens with zero attached hydrogens (tertiary/aromatic N) is 2. The van der Waals surface area contributed by atoms with Gasteiger partial charge in [-0.3, -0.25) is 9.59 Å². The zero-order valence-electron chi connectivity index (χ0n) is 17.1. The minimum absolute atomic E-state index is 0.0372. The van der Waals surface area contributed by atoms with Gasteiger partial charge in [0.05, 0.1) is 17.9 Å². The Labute approximate surface area is 160 Å². The molecular weight excluding hydrogens is 346 g/mol. The Morgan fingerprint density at radius 3 is 2.15 bits per heavy atom. The first-order chi connectivity index (χ1) is 12.3. The lowest BCUT2D eigenvalue weighted by Gasteiger charge is -2.31. The van der Waals surface area contributed by atoms with Crippen LogP contribution in [0.5, 0.6) is 0 Å². The van der Waals surface area contributed by atoms with Crippen LogP contribution >= 0.6 is 0 Å². The molecule has 1 heterocycles. The zero-order valence-corrected chi connectivity index (χ0v) is 17.1. The van der Waals surface area contributed by atoms with E-state index in [2.05, 4.69) is 5.32 Å². The van der Waals surface area contributed by atoms with Gasteiger partial charge in [-0.2, -0.15) is 0 Å². The lowest BCUT2D eigenvalue weighted by Crippen LogP contribution is -2.54. The smallest absolute Gasteiger partial charge is 0.408 e. The third-order valence-electron chi connectivity index (χ3n) is 4.11. The lowest BCUT2D eigenvalue weighted by molar-refractivity contribution is -0.126. The van der Waals surface area contributed by atoms with Crippen LogP contribution in [0.1, 0.15) is 41.5 Å². The number of carbonyl (C=O) groups excluding carboxylic acids is 3. The van der Waals surface area contributed by atoms with Crippen molar-refractivity contribution in [3.05, 3.63) is 24.3 Å². The molecule has 1 aliphatic rings. The third kappa shape index (κ3) is 4.78. The molecule has 0 aliphatic carbocycles. The highest BCUT2D eigenvalue weighted by Crippen LogP contribution is 2.34. The van der Waals surface area contributed by atoms with Gasteiger partial charge in [0.2, 0.25) is 5.91 Å². The maximum Gasteiger partial charge on any atom is 0.408 e. The fourth-order valence-electron chi connectivity index (χ4n) is 2.84. The van der Waals surface area contributed by atoms with Crippen LogP contribution in [0.4, 0.5) is 16.2 Å². The quantitative estimate of drug-likeness (QED) is 0.818. The number of ether oxygens (including phenoxy) is 1. The number of rotatable bonds is 1. The van der Waals surface area contributed by atoms with E-state index in [4.69, 9.17) is 4.74 Å². The van der Waals surface area contributed by atoms with Crippen molar-refractivity contribution in [2.24, 2.45) is 5.41 Å². The van der Waals surface area contributed by atoms with E-state index in [-0.39, 0.29) is 18.4 Å². The topological polar surface area (TPSA) is 79.0 Å². The molecule has 0 fully saturated rings. The van der Waals surface area contributed by atoms with Crippen molar-refractivity contribution >= 4 is 29.3 Å². The zero-order chi connectivity index (χ0) is 20.6. The van der Waals surface area contributed by atoms with E-state index < -0.39 is 23.2 Å². The van der Waals surface area contributed by atoms with E-state index in [1.165, 1.54) is 4.90 Å². The second-order valence-electron chi connectivity index (χ2n) is 8.75. The van der Waals surface area contributed by atoms with Crippen LogP contribution in [-0.2, 0) is 14.3 Å². The Kier molecular flexibility index (Phi) is 5.54. The van der Waals surface area contributed by atoms with E-state index in [1.54, 1.807) is 44.9 Å². The monoisotopic (exact) mass is 375 g/mol. The first-order valence-electron chi connectivity index (χ1n) is 8.99. The van der Waals surface area contributed by atoms with E-state index in [0.717, 1.165) is 0 Å². The molecule has 148 valence electrons. The molecule has 0 aromatic heterocycles. The van der Waals surface area contributed by atoms with Crippen molar-refractivity contribution < 1.29 is 19.1 Å². The van der Waals surface area contributed by atoms with Gasteiger partial charge in [-0.05, 0) is 32.9 Å². The molecule has 7 nitrogen and oxygen atoms in total. The molecule has 1 N–H and O–H groups in total. The Bertz CT molecular complexity index is 746. The van der Waals surface area contributed by atoms with Gasteiger partial charge in [-0.25, -0.2) is 4.79 Å². The molecule has 1 aromatic rings. The molecule has 1 aliphatic heterocycles. The van der Waals surface area contributed by atoms with Crippen LogP contribution in [0.3, 0.4) is 0 Å². The Morgan fingerprint density at radius 1 is 1.07 bits per heavy atom. The van der Waals surface area contributed by atoms with Gasteiger partial charge < -0.3 is 19.9 Å². The highest BCUT2D eigenvalue weighted by Gasteiger charge is 2.38. The van der Waals surface area contributed by atoms with Crippen molar-refractivity contribution in [3.63, 3.8) is 0 Å². The van der Waals surface area contributed by atoms with E-state index >= 15 is 0 Å². The van der Waals surface area contributed by atoms with Gasteiger partial charge >= 0.3 is 6.09 Å². The number of likely N-dealkylation sites (N-methyl/N-ethyl adjacent to an activating group) is 1. The molecule has 2 rings (SSSR count). The summed E-state index contributed by atoms with van der Waals surface area (Å²) < 4.78 is 5.28. The Hall–Kier alpha value is -2.57. The molecule has 3 amide bonds. The fraction of sp³-hybridized carbons (Fsp3) is 0.550. The first kappa shape index (κ1) is 20.7. The van der Waals surface area contributed by atoms with Crippen LogP contribution in [-0.4, -0.2) is 43.1 Å². The predicted octanol–water partition coefficient (Wildman–Crippen LogP) is 2.94. The molecule has 7 heteroatoms. The van der Waals surface area contributed by atoms with Crippen molar-refractivity contribution in [2.75, 3.05) is 23.4 Å². The number of fused-ring (bicyclic) bond motifs is 1.